The summed E-state index contributed by atoms with van der Waals surface area (Å²) in [5.74, 6) is -0.188. The van der Waals surface area contributed by atoms with Crippen LogP contribution < -0.4 is 15.4 Å². The maximum atomic E-state index is 13.6. The molecule has 0 saturated carbocycles. The summed E-state index contributed by atoms with van der Waals surface area (Å²) in [7, 11) is 1.08. The number of nitrogens with zero attached hydrogens (tertiary/aromatic N) is 2. The van der Waals surface area contributed by atoms with Crippen LogP contribution >= 0.6 is 0 Å². The molecule has 41 heavy (non-hydrogen) atoms. The smallest absolute Gasteiger partial charge is 0.243 e. The highest BCUT2D eigenvalue weighted by Crippen LogP contribution is 2.22. The third-order valence-electron chi connectivity index (χ3n) is 6.44. The number of aliphatic hydroxyl groups excluding tert-OH is 1. The molecule has 11 heteroatoms. The van der Waals surface area contributed by atoms with E-state index >= 15 is 0 Å². The maximum Gasteiger partial charge on any atom is 0.243 e. The van der Waals surface area contributed by atoms with Gasteiger partial charge in [0.15, 0.2) is 0 Å². The van der Waals surface area contributed by atoms with Crippen molar-refractivity contribution in [2.45, 2.75) is 63.1 Å². The highest BCUT2D eigenvalue weighted by molar-refractivity contribution is 7.89. The summed E-state index contributed by atoms with van der Waals surface area (Å²) in [4.78, 5) is 27.6. The minimum Gasteiger partial charge on any atom is -0.497 e. The zero-order valence-electron chi connectivity index (χ0n) is 25.0. The van der Waals surface area contributed by atoms with E-state index in [2.05, 4.69) is 10.6 Å². The molecule has 1 unspecified atom stereocenters. The second-order valence-corrected chi connectivity index (χ2v) is 12.8. The molecule has 2 rings (SSSR count). The Kier molecular flexibility index (Phi) is 13.7. The van der Waals surface area contributed by atoms with Gasteiger partial charge in [-0.15, -0.1) is 0 Å². The normalized spacial score (nSPS) is 14.1. The second kappa shape index (κ2) is 16.5. The van der Waals surface area contributed by atoms with Gasteiger partial charge in [0.25, 0.3) is 0 Å². The lowest BCUT2D eigenvalue weighted by Crippen LogP contribution is -2.56. The number of aliphatic hydroxyl groups is 1. The van der Waals surface area contributed by atoms with Gasteiger partial charge in [0.1, 0.15) is 11.8 Å². The molecular formula is C30H46N4O6S. The van der Waals surface area contributed by atoms with Crippen LogP contribution in [0, 0.1) is 5.92 Å². The van der Waals surface area contributed by atoms with Gasteiger partial charge in [-0.25, -0.2) is 8.42 Å². The summed E-state index contributed by atoms with van der Waals surface area (Å²) in [6, 6.07) is 13.9. The van der Waals surface area contributed by atoms with Crippen molar-refractivity contribution in [3.63, 3.8) is 0 Å². The summed E-state index contributed by atoms with van der Waals surface area (Å²) >= 11 is 0. The van der Waals surface area contributed by atoms with Crippen LogP contribution in [0.5, 0.6) is 5.75 Å². The van der Waals surface area contributed by atoms with Crippen molar-refractivity contribution < 1.29 is 27.9 Å². The van der Waals surface area contributed by atoms with Crippen LogP contribution in [0.15, 0.2) is 59.5 Å². The van der Waals surface area contributed by atoms with Crippen molar-refractivity contribution in [3.05, 3.63) is 60.2 Å². The van der Waals surface area contributed by atoms with Crippen LogP contribution in [-0.2, 0) is 26.0 Å². The van der Waals surface area contributed by atoms with Gasteiger partial charge in [-0.05, 0) is 62.7 Å². The van der Waals surface area contributed by atoms with Crippen molar-refractivity contribution in [1.29, 1.82) is 0 Å². The van der Waals surface area contributed by atoms with E-state index in [1.54, 1.807) is 31.1 Å². The number of rotatable bonds is 17. The molecule has 0 aliphatic rings. The number of benzene rings is 2. The molecule has 0 aliphatic carbocycles. The minimum absolute atomic E-state index is 0.0155. The summed E-state index contributed by atoms with van der Waals surface area (Å²) < 4.78 is 33.7. The van der Waals surface area contributed by atoms with Gasteiger partial charge in [-0.1, -0.05) is 57.5 Å². The Morgan fingerprint density at radius 3 is 2.15 bits per heavy atom. The topological polar surface area (TPSA) is 128 Å². The quantitative estimate of drug-likeness (QED) is 0.258. The Bertz CT molecular complexity index is 1190. The van der Waals surface area contributed by atoms with E-state index in [0.29, 0.717) is 18.6 Å². The molecule has 0 saturated heterocycles. The molecule has 0 radical (unpaired) electrons. The first-order chi connectivity index (χ1) is 19.4. The predicted octanol–water partition coefficient (Wildman–Crippen LogP) is 2.28. The third kappa shape index (κ3) is 11.1. The zero-order valence-corrected chi connectivity index (χ0v) is 25.9. The Morgan fingerprint density at radius 1 is 0.976 bits per heavy atom. The average molecular weight is 591 g/mol. The van der Waals surface area contributed by atoms with Crippen molar-refractivity contribution >= 4 is 21.8 Å². The van der Waals surface area contributed by atoms with Crippen LogP contribution in [0.25, 0.3) is 0 Å². The van der Waals surface area contributed by atoms with Gasteiger partial charge < -0.3 is 25.4 Å². The maximum absolute atomic E-state index is 13.6. The highest BCUT2D eigenvalue weighted by atomic mass is 32.2. The highest BCUT2D eigenvalue weighted by Gasteiger charge is 2.32. The van der Waals surface area contributed by atoms with Crippen molar-refractivity contribution in [3.8, 4) is 5.75 Å². The number of sulfonamides is 1. The second-order valence-electron chi connectivity index (χ2n) is 10.9. The molecule has 2 amide bonds. The molecule has 2 aromatic rings. The number of amides is 2. The fraction of sp³-hybridized carbons (Fsp3) is 0.533. The van der Waals surface area contributed by atoms with Gasteiger partial charge in [-0.3, -0.25) is 9.59 Å². The van der Waals surface area contributed by atoms with Gasteiger partial charge >= 0.3 is 0 Å². The van der Waals surface area contributed by atoms with E-state index in [-0.39, 0.29) is 42.8 Å². The molecular weight excluding hydrogens is 544 g/mol. The third-order valence-corrected chi connectivity index (χ3v) is 8.28. The van der Waals surface area contributed by atoms with Crippen molar-refractivity contribution in [2.75, 3.05) is 40.8 Å². The fourth-order valence-corrected chi connectivity index (χ4v) is 6.05. The zero-order chi connectivity index (χ0) is 30.6. The standard InChI is InChI=1S/C30H46N4O6S/c1-7-11-26(31-29(36)21-33(4)5)30(37)32-27(18-23-12-9-8-10-13-23)28(35)20-34(19-22(2)3)41(38,39)25-16-14-24(40-6)15-17-25/h8-10,12-17,22,26-28,35H,7,11,18-21H2,1-6H3,(H,31,36)(H,32,37)/t26?,27-,28+/m0/s1. The van der Waals surface area contributed by atoms with E-state index in [1.807, 2.05) is 51.1 Å². The summed E-state index contributed by atoms with van der Waals surface area (Å²) in [6.07, 6.45) is 0.126. The van der Waals surface area contributed by atoms with E-state index in [0.717, 1.165) is 5.56 Å². The lowest BCUT2D eigenvalue weighted by atomic mass is 10.00. The Labute approximate surface area is 245 Å². The number of ether oxygens (including phenoxy) is 1. The van der Waals surface area contributed by atoms with E-state index < -0.39 is 34.1 Å². The fourth-order valence-electron chi connectivity index (χ4n) is 4.43. The molecule has 3 atom stereocenters. The Morgan fingerprint density at radius 2 is 1.61 bits per heavy atom. The molecule has 0 aliphatic heterocycles. The SMILES string of the molecule is CCCC(NC(=O)CN(C)C)C(=O)N[C@@H](Cc1ccccc1)[C@H](O)CN(CC(C)C)S(=O)(=O)c1ccc(OC)cc1. The first-order valence-electron chi connectivity index (χ1n) is 14.0. The Hall–Kier alpha value is -2.99. The number of nitrogens with one attached hydrogen (secondary N) is 2. The van der Waals surface area contributed by atoms with Crippen LogP contribution in [0.2, 0.25) is 0 Å². The van der Waals surface area contributed by atoms with Crippen LogP contribution in [-0.4, -0.2) is 93.6 Å². The minimum atomic E-state index is -3.96. The van der Waals surface area contributed by atoms with E-state index in [9.17, 15) is 23.1 Å². The summed E-state index contributed by atoms with van der Waals surface area (Å²) in [5, 5.41) is 17.2. The molecule has 2 aromatic carbocycles. The number of likely N-dealkylation sites (N-methyl/N-ethyl adjacent to an activating group) is 1. The van der Waals surface area contributed by atoms with Gasteiger partial charge in [0.2, 0.25) is 21.8 Å². The number of carbonyl (C=O) groups is 2. The molecule has 0 bridgehead atoms. The van der Waals surface area contributed by atoms with Crippen LogP contribution in [0.1, 0.15) is 39.2 Å². The summed E-state index contributed by atoms with van der Waals surface area (Å²) in [5.41, 5.74) is 0.869. The number of methoxy groups -OCH3 is 1. The average Bonchev–Trinajstić information content (AvgIpc) is 2.91. The molecule has 0 spiro atoms. The molecule has 10 nitrogen and oxygen atoms in total. The first kappa shape index (κ1) is 34.2. The lowest BCUT2D eigenvalue weighted by molar-refractivity contribution is -0.130. The number of hydrogen-bond donors (Lipinski definition) is 3. The number of carbonyl (C=O) groups excluding carboxylic acids is 2. The molecule has 228 valence electrons. The molecule has 0 aromatic heterocycles. The van der Waals surface area contributed by atoms with Crippen LogP contribution in [0.4, 0.5) is 0 Å². The molecule has 0 heterocycles. The monoisotopic (exact) mass is 590 g/mol. The summed E-state index contributed by atoms with van der Waals surface area (Å²) in [6.45, 7) is 5.81. The van der Waals surface area contributed by atoms with E-state index in [4.69, 9.17) is 4.74 Å². The number of hydrogen-bond acceptors (Lipinski definition) is 7. The van der Waals surface area contributed by atoms with Crippen LogP contribution in [0.3, 0.4) is 0 Å². The predicted molar refractivity (Wildman–Crippen MR) is 160 cm³/mol. The molecule has 3 N–H and O–H groups in total. The Balaban J connectivity index is 2.34. The van der Waals surface area contributed by atoms with Crippen molar-refractivity contribution in [1.82, 2.24) is 19.8 Å². The van der Waals surface area contributed by atoms with Gasteiger partial charge in [0.05, 0.1) is 30.7 Å². The largest absolute Gasteiger partial charge is 0.497 e. The van der Waals surface area contributed by atoms with Gasteiger partial charge in [-0.2, -0.15) is 4.31 Å². The van der Waals surface area contributed by atoms with Gasteiger partial charge in [0, 0.05) is 13.1 Å². The van der Waals surface area contributed by atoms with E-state index in [1.165, 1.54) is 23.5 Å². The molecule has 0 fully saturated rings. The lowest BCUT2D eigenvalue weighted by Gasteiger charge is -2.31. The first-order valence-corrected chi connectivity index (χ1v) is 15.4. The van der Waals surface area contributed by atoms with Crippen molar-refractivity contribution in [2.24, 2.45) is 5.92 Å².